The first-order valence-corrected chi connectivity index (χ1v) is 10.9. The average Bonchev–Trinajstić information content (AvgIpc) is 2.80. The number of likely N-dealkylation sites (tertiary alicyclic amines) is 1. The van der Waals surface area contributed by atoms with Gasteiger partial charge in [-0.1, -0.05) is 30.7 Å². The number of carbonyl (C=O) groups excluding carboxylic acids is 1. The number of nitrogens with one attached hydrogen (secondary N) is 1. The fraction of sp³-hybridized carbons (Fsp3) is 0.522. The highest BCUT2D eigenvalue weighted by Gasteiger charge is 2.27. The number of rotatable bonds is 6. The van der Waals surface area contributed by atoms with Crippen molar-refractivity contribution in [1.29, 1.82) is 0 Å². The van der Waals surface area contributed by atoms with Crippen LogP contribution in [0.15, 0.2) is 42.7 Å². The summed E-state index contributed by atoms with van der Waals surface area (Å²) in [4.78, 5) is 26.2. The van der Waals surface area contributed by atoms with E-state index in [4.69, 9.17) is 0 Å². The average molecular weight is 394 g/mol. The summed E-state index contributed by atoms with van der Waals surface area (Å²) in [7, 11) is 0. The Hall–Kier alpha value is -2.47. The second-order valence-electron chi connectivity index (χ2n) is 8.16. The molecule has 6 heteroatoms. The Morgan fingerprint density at radius 1 is 0.966 bits per heavy atom. The zero-order valence-corrected chi connectivity index (χ0v) is 17.1. The second kappa shape index (κ2) is 9.83. The summed E-state index contributed by atoms with van der Waals surface area (Å²) in [5.74, 6) is 0.845. The van der Waals surface area contributed by atoms with Crippen molar-refractivity contribution in [2.45, 2.75) is 45.2 Å². The van der Waals surface area contributed by atoms with Crippen LogP contribution in [0.5, 0.6) is 0 Å². The van der Waals surface area contributed by atoms with Gasteiger partial charge in [0.15, 0.2) is 0 Å². The molecule has 2 aliphatic heterocycles. The number of piperidine rings is 2. The maximum absolute atomic E-state index is 12.9. The van der Waals surface area contributed by atoms with Crippen LogP contribution < -0.4 is 10.2 Å². The van der Waals surface area contributed by atoms with E-state index in [0.717, 1.165) is 31.9 Å². The molecule has 2 fully saturated rings. The molecule has 29 heavy (non-hydrogen) atoms. The third kappa shape index (κ3) is 5.32. The number of benzene rings is 1. The number of hydrogen-bond donors (Lipinski definition) is 1. The first-order valence-electron chi connectivity index (χ1n) is 10.9. The molecule has 0 bridgehead atoms. The highest BCUT2D eigenvalue weighted by molar-refractivity contribution is 5.79. The van der Waals surface area contributed by atoms with Crippen molar-refractivity contribution in [3.63, 3.8) is 0 Å². The molecule has 6 nitrogen and oxygen atoms in total. The molecule has 154 valence electrons. The molecule has 3 heterocycles. The van der Waals surface area contributed by atoms with Crippen molar-refractivity contribution >= 4 is 11.9 Å². The van der Waals surface area contributed by atoms with Crippen LogP contribution in [-0.4, -0.2) is 47.0 Å². The van der Waals surface area contributed by atoms with Gasteiger partial charge in [0.1, 0.15) is 0 Å². The molecule has 0 radical (unpaired) electrons. The van der Waals surface area contributed by atoms with Crippen LogP contribution in [0.3, 0.4) is 0 Å². The lowest BCUT2D eigenvalue weighted by Crippen LogP contribution is -2.43. The first-order chi connectivity index (χ1) is 14.3. The fourth-order valence-corrected chi connectivity index (χ4v) is 4.40. The standard InChI is InChI=1S/C23H31N5O/c29-22(21-10-6-15-28(18-21)23-24-11-7-12-25-23)26-16-19-8-2-3-9-20(19)17-27-13-4-1-5-14-27/h2-3,7-9,11-12,21H,1,4-6,10,13-18H2,(H,26,29). The minimum absolute atomic E-state index is 0.0122. The minimum atomic E-state index is -0.0122. The number of amides is 1. The first kappa shape index (κ1) is 19.8. The van der Waals surface area contributed by atoms with Gasteiger partial charge >= 0.3 is 0 Å². The Labute approximate surface area is 173 Å². The van der Waals surface area contributed by atoms with Gasteiger partial charge in [0.05, 0.1) is 5.92 Å². The largest absolute Gasteiger partial charge is 0.352 e. The fourth-order valence-electron chi connectivity index (χ4n) is 4.40. The molecular weight excluding hydrogens is 362 g/mol. The van der Waals surface area contributed by atoms with Crippen molar-refractivity contribution in [1.82, 2.24) is 20.2 Å². The number of hydrogen-bond acceptors (Lipinski definition) is 5. The van der Waals surface area contributed by atoms with E-state index >= 15 is 0 Å². The summed E-state index contributed by atoms with van der Waals surface area (Å²) in [5, 5.41) is 3.19. The van der Waals surface area contributed by atoms with E-state index in [-0.39, 0.29) is 11.8 Å². The molecule has 2 saturated heterocycles. The molecule has 4 rings (SSSR count). The molecule has 2 aromatic rings. The molecule has 1 N–H and O–H groups in total. The molecule has 0 saturated carbocycles. The van der Waals surface area contributed by atoms with Crippen molar-refractivity contribution in [3.8, 4) is 0 Å². The molecule has 0 spiro atoms. The van der Waals surface area contributed by atoms with E-state index < -0.39 is 0 Å². The van der Waals surface area contributed by atoms with Crippen molar-refractivity contribution in [2.24, 2.45) is 5.92 Å². The summed E-state index contributed by atoms with van der Waals surface area (Å²) < 4.78 is 0. The molecule has 1 amide bonds. The van der Waals surface area contributed by atoms with E-state index in [2.05, 4.69) is 49.4 Å². The van der Waals surface area contributed by atoms with Gasteiger partial charge in [-0.2, -0.15) is 0 Å². The van der Waals surface area contributed by atoms with Gasteiger partial charge in [0.2, 0.25) is 11.9 Å². The lowest BCUT2D eigenvalue weighted by atomic mass is 9.97. The summed E-state index contributed by atoms with van der Waals surface area (Å²) in [5.41, 5.74) is 2.56. The zero-order chi connectivity index (χ0) is 19.9. The highest BCUT2D eigenvalue weighted by atomic mass is 16.1. The number of aromatic nitrogens is 2. The van der Waals surface area contributed by atoms with Crippen LogP contribution >= 0.6 is 0 Å². The Kier molecular flexibility index (Phi) is 6.72. The lowest BCUT2D eigenvalue weighted by Gasteiger charge is -2.32. The predicted octanol–water partition coefficient (Wildman–Crippen LogP) is 3.00. The summed E-state index contributed by atoms with van der Waals surface area (Å²) in [6.45, 7) is 5.54. The minimum Gasteiger partial charge on any atom is -0.352 e. The molecule has 0 aliphatic carbocycles. The van der Waals surface area contributed by atoms with Gasteiger partial charge in [0.25, 0.3) is 0 Å². The van der Waals surface area contributed by atoms with Gasteiger partial charge < -0.3 is 10.2 Å². The maximum Gasteiger partial charge on any atom is 0.225 e. The van der Waals surface area contributed by atoms with E-state index in [1.165, 1.54) is 43.5 Å². The van der Waals surface area contributed by atoms with Gasteiger partial charge in [-0.15, -0.1) is 0 Å². The Bertz CT molecular complexity index is 791. The van der Waals surface area contributed by atoms with Crippen LogP contribution in [-0.2, 0) is 17.9 Å². The predicted molar refractivity (Wildman–Crippen MR) is 114 cm³/mol. The monoisotopic (exact) mass is 393 g/mol. The van der Waals surface area contributed by atoms with Crippen LogP contribution in [0, 0.1) is 5.92 Å². The maximum atomic E-state index is 12.9. The normalized spacial score (nSPS) is 20.4. The van der Waals surface area contributed by atoms with Crippen LogP contribution in [0.1, 0.15) is 43.2 Å². The Balaban J connectivity index is 1.33. The summed E-state index contributed by atoms with van der Waals surface area (Å²) in [6.07, 6.45) is 9.36. The van der Waals surface area contributed by atoms with E-state index in [0.29, 0.717) is 13.1 Å². The SMILES string of the molecule is O=C(NCc1ccccc1CN1CCCCC1)C1CCCN(c2ncccn2)C1. The topological polar surface area (TPSA) is 61.4 Å². The third-order valence-corrected chi connectivity index (χ3v) is 6.04. The molecule has 1 aromatic heterocycles. The van der Waals surface area contributed by atoms with Crippen LogP contribution in [0.25, 0.3) is 0 Å². The molecule has 2 aliphatic rings. The van der Waals surface area contributed by atoms with Crippen molar-refractivity contribution in [2.75, 3.05) is 31.1 Å². The number of nitrogens with zero attached hydrogens (tertiary/aromatic N) is 4. The van der Waals surface area contributed by atoms with Gasteiger partial charge in [-0.3, -0.25) is 9.69 Å². The number of carbonyl (C=O) groups is 1. The lowest BCUT2D eigenvalue weighted by molar-refractivity contribution is -0.125. The Morgan fingerprint density at radius 3 is 2.52 bits per heavy atom. The third-order valence-electron chi connectivity index (χ3n) is 6.04. The summed E-state index contributed by atoms with van der Waals surface area (Å²) in [6, 6.07) is 10.3. The zero-order valence-electron chi connectivity index (χ0n) is 17.1. The highest BCUT2D eigenvalue weighted by Crippen LogP contribution is 2.21. The number of anilines is 1. The van der Waals surface area contributed by atoms with Gasteiger partial charge in [-0.05, 0) is 56.0 Å². The molecule has 1 aromatic carbocycles. The van der Waals surface area contributed by atoms with Crippen molar-refractivity contribution in [3.05, 3.63) is 53.9 Å². The Morgan fingerprint density at radius 2 is 1.72 bits per heavy atom. The summed E-state index contributed by atoms with van der Waals surface area (Å²) >= 11 is 0. The van der Waals surface area contributed by atoms with Gasteiger partial charge in [0, 0.05) is 38.6 Å². The van der Waals surface area contributed by atoms with Crippen LogP contribution in [0.2, 0.25) is 0 Å². The van der Waals surface area contributed by atoms with Crippen LogP contribution in [0.4, 0.5) is 5.95 Å². The quantitative estimate of drug-likeness (QED) is 0.818. The smallest absolute Gasteiger partial charge is 0.225 e. The van der Waals surface area contributed by atoms with E-state index in [9.17, 15) is 4.79 Å². The second-order valence-corrected chi connectivity index (χ2v) is 8.16. The van der Waals surface area contributed by atoms with E-state index in [1.807, 2.05) is 6.07 Å². The van der Waals surface area contributed by atoms with Gasteiger partial charge in [-0.25, -0.2) is 9.97 Å². The van der Waals surface area contributed by atoms with E-state index in [1.54, 1.807) is 12.4 Å². The molecule has 1 unspecified atom stereocenters. The van der Waals surface area contributed by atoms with Crippen molar-refractivity contribution < 1.29 is 4.79 Å². The molecule has 1 atom stereocenters. The molecular formula is C23H31N5O.